The molecule has 1 aromatic heterocycles. The molecule has 2 aromatic rings. The van der Waals surface area contributed by atoms with Crippen LogP contribution in [0.1, 0.15) is 10.5 Å². The SMILES string of the molecule is O=C(NC1CNC1)c1ccc(-c2ccccc2)cn1. The van der Waals surface area contributed by atoms with Crippen molar-refractivity contribution in [1.29, 1.82) is 0 Å². The Labute approximate surface area is 111 Å². The van der Waals surface area contributed by atoms with Gasteiger partial charge in [0.05, 0.1) is 6.04 Å². The second-order valence-corrected chi connectivity index (χ2v) is 4.63. The van der Waals surface area contributed by atoms with Gasteiger partial charge in [0.1, 0.15) is 5.69 Å². The van der Waals surface area contributed by atoms with E-state index in [1.165, 1.54) is 0 Å². The molecule has 1 aliphatic heterocycles. The third kappa shape index (κ3) is 2.63. The fraction of sp³-hybridized carbons (Fsp3) is 0.200. The summed E-state index contributed by atoms with van der Waals surface area (Å²) in [5.41, 5.74) is 2.58. The van der Waals surface area contributed by atoms with E-state index in [0.717, 1.165) is 24.2 Å². The summed E-state index contributed by atoms with van der Waals surface area (Å²) in [4.78, 5) is 16.1. The molecular weight excluding hydrogens is 238 g/mol. The second kappa shape index (κ2) is 5.20. The van der Waals surface area contributed by atoms with Gasteiger partial charge in [-0.3, -0.25) is 9.78 Å². The number of hydrogen-bond donors (Lipinski definition) is 2. The molecule has 19 heavy (non-hydrogen) atoms. The van der Waals surface area contributed by atoms with E-state index in [1.54, 1.807) is 12.3 Å². The van der Waals surface area contributed by atoms with Crippen LogP contribution in [0.4, 0.5) is 0 Å². The summed E-state index contributed by atoms with van der Waals surface area (Å²) in [5, 5.41) is 6.04. The van der Waals surface area contributed by atoms with Gasteiger partial charge < -0.3 is 10.6 Å². The monoisotopic (exact) mass is 253 g/mol. The Morgan fingerprint density at radius 1 is 1.11 bits per heavy atom. The first-order valence-corrected chi connectivity index (χ1v) is 6.36. The van der Waals surface area contributed by atoms with Gasteiger partial charge in [-0.05, 0) is 11.6 Å². The summed E-state index contributed by atoms with van der Waals surface area (Å²) in [7, 11) is 0. The predicted octanol–water partition coefficient (Wildman–Crippen LogP) is 1.45. The van der Waals surface area contributed by atoms with Crippen molar-refractivity contribution in [3.8, 4) is 11.1 Å². The van der Waals surface area contributed by atoms with Crippen LogP contribution in [-0.4, -0.2) is 30.0 Å². The highest BCUT2D eigenvalue weighted by Crippen LogP contribution is 2.17. The molecule has 1 fully saturated rings. The molecule has 0 radical (unpaired) electrons. The van der Waals surface area contributed by atoms with Gasteiger partial charge in [-0.2, -0.15) is 0 Å². The van der Waals surface area contributed by atoms with Crippen LogP contribution in [0.25, 0.3) is 11.1 Å². The summed E-state index contributed by atoms with van der Waals surface area (Å²) in [6.07, 6.45) is 1.74. The number of carbonyl (C=O) groups excluding carboxylic acids is 1. The van der Waals surface area contributed by atoms with Crippen molar-refractivity contribution in [1.82, 2.24) is 15.6 Å². The van der Waals surface area contributed by atoms with Crippen LogP contribution < -0.4 is 10.6 Å². The van der Waals surface area contributed by atoms with Crippen molar-refractivity contribution in [3.63, 3.8) is 0 Å². The summed E-state index contributed by atoms with van der Waals surface area (Å²) in [6.45, 7) is 1.68. The fourth-order valence-electron chi connectivity index (χ4n) is 1.98. The number of rotatable bonds is 3. The number of carbonyl (C=O) groups is 1. The number of benzene rings is 1. The van der Waals surface area contributed by atoms with Gasteiger partial charge in [0.25, 0.3) is 5.91 Å². The molecule has 0 spiro atoms. The third-order valence-corrected chi connectivity index (χ3v) is 3.22. The molecule has 3 rings (SSSR count). The average Bonchev–Trinajstić information content (AvgIpc) is 2.44. The summed E-state index contributed by atoms with van der Waals surface area (Å²) in [6, 6.07) is 13.9. The van der Waals surface area contributed by atoms with E-state index in [4.69, 9.17) is 0 Å². The zero-order valence-corrected chi connectivity index (χ0v) is 10.5. The third-order valence-electron chi connectivity index (χ3n) is 3.22. The molecule has 0 saturated carbocycles. The van der Waals surface area contributed by atoms with Crippen LogP contribution in [0.15, 0.2) is 48.7 Å². The molecule has 2 N–H and O–H groups in total. The van der Waals surface area contributed by atoms with Gasteiger partial charge in [0, 0.05) is 24.8 Å². The lowest BCUT2D eigenvalue weighted by atomic mass is 10.1. The normalized spacial score (nSPS) is 14.7. The van der Waals surface area contributed by atoms with E-state index in [2.05, 4.69) is 15.6 Å². The summed E-state index contributed by atoms with van der Waals surface area (Å²) >= 11 is 0. The molecule has 0 atom stereocenters. The smallest absolute Gasteiger partial charge is 0.270 e. The maximum atomic E-state index is 11.9. The first-order valence-electron chi connectivity index (χ1n) is 6.36. The molecule has 0 aliphatic carbocycles. The van der Waals surface area contributed by atoms with Crippen molar-refractivity contribution in [2.45, 2.75) is 6.04 Å². The summed E-state index contributed by atoms with van der Waals surface area (Å²) in [5.74, 6) is -0.105. The van der Waals surface area contributed by atoms with Gasteiger partial charge >= 0.3 is 0 Å². The molecule has 0 bridgehead atoms. The number of hydrogen-bond acceptors (Lipinski definition) is 3. The molecule has 4 nitrogen and oxygen atoms in total. The Bertz CT molecular complexity index is 562. The molecule has 1 aromatic carbocycles. The van der Waals surface area contributed by atoms with Gasteiger partial charge in [0.15, 0.2) is 0 Å². The van der Waals surface area contributed by atoms with Crippen LogP contribution >= 0.6 is 0 Å². The quantitative estimate of drug-likeness (QED) is 0.870. The van der Waals surface area contributed by atoms with E-state index in [0.29, 0.717) is 5.69 Å². The minimum atomic E-state index is -0.105. The van der Waals surface area contributed by atoms with Crippen LogP contribution in [0.5, 0.6) is 0 Å². The van der Waals surface area contributed by atoms with Crippen molar-refractivity contribution in [2.75, 3.05) is 13.1 Å². The van der Waals surface area contributed by atoms with Crippen LogP contribution in [0.3, 0.4) is 0 Å². The molecule has 4 heteroatoms. The van der Waals surface area contributed by atoms with Crippen molar-refractivity contribution in [3.05, 3.63) is 54.4 Å². The van der Waals surface area contributed by atoms with Crippen molar-refractivity contribution >= 4 is 5.91 Å². The Morgan fingerprint density at radius 2 is 1.89 bits per heavy atom. The Kier molecular flexibility index (Phi) is 3.25. The van der Waals surface area contributed by atoms with Crippen molar-refractivity contribution in [2.24, 2.45) is 0 Å². The van der Waals surface area contributed by atoms with Gasteiger partial charge in [-0.15, -0.1) is 0 Å². The number of pyridine rings is 1. The lowest BCUT2D eigenvalue weighted by Crippen LogP contribution is -2.57. The number of amides is 1. The molecule has 0 unspecified atom stereocenters. The molecule has 96 valence electrons. The van der Waals surface area contributed by atoms with E-state index in [-0.39, 0.29) is 11.9 Å². The largest absolute Gasteiger partial charge is 0.345 e. The Balaban J connectivity index is 1.73. The zero-order valence-electron chi connectivity index (χ0n) is 10.5. The highest BCUT2D eigenvalue weighted by Gasteiger charge is 2.19. The number of aromatic nitrogens is 1. The Hall–Kier alpha value is -2.20. The standard InChI is InChI=1S/C15H15N3O/c19-15(18-13-9-16-10-13)14-7-6-12(8-17-14)11-4-2-1-3-5-11/h1-8,13,16H,9-10H2,(H,18,19). The minimum absolute atomic E-state index is 0.105. The lowest BCUT2D eigenvalue weighted by molar-refractivity contribution is 0.0919. The zero-order chi connectivity index (χ0) is 13.1. The van der Waals surface area contributed by atoms with E-state index in [9.17, 15) is 4.79 Å². The average molecular weight is 253 g/mol. The molecular formula is C15H15N3O. The highest BCUT2D eigenvalue weighted by atomic mass is 16.2. The first kappa shape index (κ1) is 11.9. The molecule has 1 amide bonds. The molecule has 1 saturated heterocycles. The van der Waals surface area contributed by atoms with Crippen LogP contribution in [0, 0.1) is 0 Å². The number of nitrogens with zero attached hydrogens (tertiary/aromatic N) is 1. The van der Waals surface area contributed by atoms with Crippen LogP contribution in [0.2, 0.25) is 0 Å². The van der Waals surface area contributed by atoms with E-state index >= 15 is 0 Å². The topological polar surface area (TPSA) is 54.0 Å². The lowest BCUT2D eigenvalue weighted by Gasteiger charge is -2.27. The minimum Gasteiger partial charge on any atom is -0.345 e. The van der Waals surface area contributed by atoms with Crippen molar-refractivity contribution < 1.29 is 4.79 Å². The second-order valence-electron chi connectivity index (χ2n) is 4.63. The predicted molar refractivity (Wildman–Crippen MR) is 73.8 cm³/mol. The first-order chi connectivity index (χ1) is 9.33. The summed E-state index contributed by atoms with van der Waals surface area (Å²) < 4.78 is 0. The number of nitrogens with one attached hydrogen (secondary N) is 2. The molecule has 1 aliphatic rings. The Morgan fingerprint density at radius 3 is 2.47 bits per heavy atom. The van der Waals surface area contributed by atoms with Crippen LogP contribution in [-0.2, 0) is 0 Å². The fourth-order valence-corrected chi connectivity index (χ4v) is 1.98. The van der Waals surface area contributed by atoms with E-state index < -0.39 is 0 Å². The maximum absolute atomic E-state index is 11.9. The molecule has 2 heterocycles. The maximum Gasteiger partial charge on any atom is 0.270 e. The van der Waals surface area contributed by atoms with Gasteiger partial charge in [-0.1, -0.05) is 36.4 Å². The van der Waals surface area contributed by atoms with Gasteiger partial charge in [-0.25, -0.2) is 0 Å². The van der Waals surface area contributed by atoms with Gasteiger partial charge in [0.2, 0.25) is 0 Å². The van der Waals surface area contributed by atoms with E-state index in [1.807, 2.05) is 36.4 Å². The highest BCUT2D eigenvalue weighted by molar-refractivity contribution is 5.92.